The van der Waals surface area contributed by atoms with Crippen molar-refractivity contribution in [2.24, 2.45) is 0 Å². The van der Waals surface area contributed by atoms with E-state index < -0.39 is 37.0 Å². The summed E-state index contributed by atoms with van der Waals surface area (Å²) in [6, 6.07) is 10.2. The second kappa shape index (κ2) is 9.95. The zero-order chi connectivity index (χ0) is 27.9. The van der Waals surface area contributed by atoms with E-state index in [1.807, 2.05) is 13.8 Å². The standard InChI is InChI=1S/C26H25NO9S2/c1-26(2)21-16-20(38(33,34)35)10-11-22(21)27(12-5-13-37(30,31)32)24(26)7-4-3-6-18-14-17-8-9-19(28)15-23(17)36-25(18)29/h3-4,6-11,14-16H,5,12-13H2,1-2H3,(H2,30,31,32,33,34,35). The molecule has 0 atom stereocenters. The van der Waals surface area contributed by atoms with Crippen molar-refractivity contribution in [2.45, 2.75) is 30.6 Å². The van der Waals surface area contributed by atoms with E-state index in [2.05, 4.69) is 0 Å². The van der Waals surface area contributed by atoms with Crippen molar-refractivity contribution in [1.29, 1.82) is 0 Å². The van der Waals surface area contributed by atoms with Gasteiger partial charge in [0.15, 0.2) is 5.71 Å². The van der Waals surface area contributed by atoms with E-state index in [-0.39, 0.29) is 34.8 Å². The molecule has 1 aliphatic heterocycles. The molecule has 12 heteroatoms. The molecule has 2 aromatic carbocycles. The minimum atomic E-state index is -4.45. The number of nitrogens with zero attached hydrogens (tertiary/aromatic N) is 1. The Bertz CT molecular complexity index is 1800. The Morgan fingerprint density at radius 3 is 2.42 bits per heavy atom. The van der Waals surface area contributed by atoms with Gasteiger partial charge in [-0.2, -0.15) is 13.0 Å². The van der Waals surface area contributed by atoms with Crippen molar-refractivity contribution in [3.63, 3.8) is 0 Å². The lowest BCUT2D eigenvalue weighted by Gasteiger charge is -2.15. The molecule has 1 aromatic heterocycles. The molecule has 2 N–H and O–H groups in total. The highest BCUT2D eigenvalue weighted by atomic mass is 32.2. The first kappa shape index (κ1) is 27.5. The minimum Gasteiger partial charge on any atom is -0.748 e. The summed E-state index contributed by atoms with van der Waals surface area (Å²) in [5, 5.41) is 10.2. The Labute approximate surface area is 219 Å². The first-order chi connectivity index (χ1) is 17.7. The molecule has 0 amide bonds. The average Bonchev–Trinajstić information content (AvgIpc) is 3.01. The van der Waals surface area contributed by atoms with E-state index in [0.717, 1.165) is 0 Å². The Balaban J connectivity index is 1.70. The molecule has 10 nitrogen and oxygen atoms in total. The fourth-order valence-corrected chi connectivity index (χ4v) is 5.48. The van der Waals surface area contributed by atoms with Gasteiger partial charge in [0.2, 0.25) is 5.69 Å². The lowest BCUT2D eigenvalue weighted by atomic mass is 9.81. The number of allylic oxidation sites excluding steroid dienone is 3. The van der Waals surface area contributed by atoms with Crippen LogP contribution in [0.2, 0.25) is 0 Å². The van der Waals surface area contributed by atoms with Crippen LogP contribution >= 0.6 is 0 Å². The molecule has 38 heavy (non-hydrogen) atoms. The number of hydrogen-bond acceptors (Lipinski definition) is 8. The Morgan fingerprint density at radius 2 is 1.74 bits per heavy atom. The highest BCUT2D eigenvalue weighted by Crippen LogP contribution is 2.41. The zero-order valence-corrected chi connectivity index (χ0v) is 22.1. The van der Waals surface area contributed by atoms with E-state index >= 15 is 0 Å². The van der Waals surface area contributed by atoms with Crippen LogP contribution in [0.5, 0.6) is 5.75 Å². The summed E-state index contributed by atoms with van der Waals surface area (Å²) in [6.07, 6.45) is 6.63. The van der Waals surface area contributed by atoms with Crippen LogP contribution in [0.15, 0.2) is 74.8 Å². The van der Waals surface area contributed by atoms with Crippen molar-refractivity contribution >= 4 is 48.7 Å². The lowest BCUT2D eigenvalue weighted by Crippen LogP contribution is -2.28. The first-order valence-corrected chi connectivity index (χ1v) is 14.5. The molecule has 4 rings (SSSR count). The maximum absolute atomic E-state index is 12.3. The SMILES string of the molecule is CC1(C)C(/C=C/C=C/c2cc3ccc(O)cc3oc2=O)=[N+](CCCS(=O)(=O)[O-])c2ccc(S(=O)(=O)O)cc21. The summed E-state index contributed by atoms with van der Waals surface area (Å²) in [7, 11) is -8.87. The van der Waals surface area contributed by atoms with Gasteiger partial charge in [0, 0.05) is 41.3 Å². The molecule has 0 spiro atoms. The van der Waals surface area contributed by atoms with E-state index in [1.165, 1.54) is 30.3 Å². The summed E-state index contributed by atoms with van der Waals surface area (Å²) in [5.74, 6) is -0.584. The van der Waals surface area contributed by atoms with Gasteiger partial charge in [0.25, 0.3) is 10.1 Å². The van der Waals surface area contributed by atoms with Gasteiger partial charge in [-0.15, -0.1) is 0 Å². The lowest BCUT2D eigenvalue weighted by molar-refractivity contribution is -0.437. The smallest absolute Gasteiger partial charge is 0.343 e. The molecule has 2 heterocycles. The van der Waals surface area contributed by atoms with Gasteiger partial charge < -0.3 is 14.1 Å². The second-order valence-corrected chi connectivity index (χ2v) is 12.3. The van der Waals surface area contributed by atoms with E-state index in [4.69, 9.17) is 4.42 Å². The van der Waals surface area contributed by atoms with Gasteiger partial charge in [-0.05, 0) is 50.3 Å². The van der Waals surface area contributed by atoms with Crippen molar-refractivity contribution < 1.29 is 40.0 Å². The third-order valence-electron chi connectivity index (χ3n) is 6.32. The molecule has 1 aliphatic rings. The molecule has 0 radical (unpaired) electrons. The van der Waals surface area contributed by atoms with Crippen LogP contribution in [0.25, 0.3) is 17.0 Å². The maximum Gasteiger partial charge on any atom is 0.343 e. The largest absolute Gasteiger partial charge is 0.748 e. The van der Waals surface area contributed by atoms with E-state index in [9.17, 15) is 35.8 Å². The van der Waals surface area contributed by atoms with Gasteiger partial charge in [0.05, 0.1) is 26.0 Å². The fraction of sp³-hybridized carbons (Fsp3) is 0.231. The van der Waals surface area contributed by atoms with Gasteiger partial charge in [-0.1, -0.05) is 12.2 Å². The van der Waals surface area contributed by atoms with E-state index in [0.29, 0.717) is 22.3 Å². The minimum absolute atomic E-state index is 0.0230. The number of fused-ring (bicyclic) bond motifs is 2. The Hall–Kier alpha value is -3.58. The molecule has 0 aliphatic carbocycles. The molecule has 0 bridgehead atoms. The predicted octanol–water partition coefficient (Wildman–Crippen LogP) is 3.33. The van der Waals surface area contributed by atoms with Crippen LogP contribution in [-0.2, 0) is 25.7 Å². The van der Waals surface area contributed by atoms with Gasteiger partial charge in [0.1, 0.15) is 17.9 Å². The molecular formula is C26H25NO9S2. The van der Waals surface area contributed by atoms with Crippen LogP contribution in [0.3, 0.4) is 0 Å². The highest BCUT2D eigenvalue weighted by Gasteiger charge is 2.44. The third-order valence-corrected chi connectivity index (χ3v) is 7.96. The fourth-order valence-electron chi connectivity index (χ4n) is 4.49. The molecular weight excluding hydrogens is 534 g/mol. The Morgan fingerprint density at radius 1 is 1.03 bits per heavy atom. The molecule has 0 unspecified atom stereocenters. The van der Waals surface area contributed by atoms with Crippen LogP contribution in [-0.4, -0.2) is 53.6 Å². The summed E-state index contributed by atoms with van der Waals surface area (Å²) >= 11 is 0. The van der Waals surface area contributed by atoms with Gasteiger partial charge in [-0.3, -0.25) is 4.55 Å². The normalized spacial score (nSPS) is 15.7. The summed E-state index contributed by atoms with van der Waals surface area (Å²) < 4.78 is 73.5. The van der Waals surface area contributed by atoms with Gasteiger partial charge in [-0.25, -0.2) is 13.2 Å². The van der Waals surface area contributed by atoms with Crippen molar-refractivity contribution in [3.05, 3.63) is 82.2 Å². The third kappa shape index (κ3) is 5.78. The molecule has 0 saturated heterocycles. The highest BCUT2D eigenvalue weighted by molar-refractivity contribution is 7.86. The van der Waals surface area contributed by atoms with Crippen LogP contribution < -0.4 is 5.63 Å². The maximum atomic E-state index is 12.3. The summed E-state index contributed by atoms with van der Waals surface area (Å²) in [5.41, 5.74) is 1.10. The quantitative estimate of drug-likeness (QED) is 0.182. The molecule has 200 valence electrons. The van der Waals surface area contributed by atoms with E-state index in [1.54, 1.807) is 41.0 Å². The number of rotatable bonds is 8. The van der Waals surface area contributed by atoms with Gasteiger partial charge >= 0.3 is 5.63 Å². The first-order valence-electron chi connectivity index (χ1n) is 11.5. The van der Waals surface area contributed by atoms with Crippen molar-refractivity contribution in [3.8, 4) is 5.75 Å². The predicted molar refractivity (Wildman–Crippen MR) is 141 cm³/mol. The molecule has 0 saturated carbocycles. The monoisotopic (exact) mass is 559 g/mol. The molecule has 0 fully saturated rings. The van der Waals surface area contributed by atoms with Crippen LogP contribution in [0.4, 0.5) is 5.69 Å². The topological polar surface area (TPSA) is 165 Å². The zero-order valence-electron chi connectivity index (χ0n) is 20.5. The number of phenolic OH excluding ortho intramolecular Hbond substituents is 1. The van der Waals surface area contributed by atoms with Crippen LogP contribution in [0.1, 0.15) is 31.4 Å². The number of aromatic hydroxyl groups is 1. The number of phenols is 1. The molecule has 3 aromatic rings. The number of benzene rings is 2. The van der Waals surface area contributed by atoms with Crippen molar-refractivity contribution in [1.82, 2.24) is 0 Å². The average molecular weight is 560 g/mol. The summed E-state index contributed by atoms with van der Waals surface area (Å²) in [4.78, 5) is 12.1. The number of hydrogen-bond donors (Lipinski definition) is 2. The van der Waals surface area contributed by atoms with Crippen LogP contribution in [0, 0.1) is 0 Å². The Kier molecular flexibility index (Phi) is 7.19. The second-order valence-electron chi connectivity index (χ2n) is 9.36. The summed E-state index contributed by atoms with van der Waals surface area (Å²) in [6.45, 7) is 3.87. The van der Waals surface area contributed by atoms with Crippen molar-refractivity contribution in [2.75, 3.05) is 12.3 Å².